The summed E-state index contributed by atoms with van der Waals surface area (Å²) in [4.78, 5) is 0. The van der Waals surface area contributed by atoms with Crippen molar-refractivity contribution in [3.8, 4) is 11.5 Å². The molecule has 1 N–H and O–H groups in total. The summed E-state index contributed by atoms with van der Waals surface area (Å²) in [6.45, 7) is 0. The number of phenolic OH excluding ortho intramolecular Hbond substituents is 1. The topological polar surface area (TPSA) is 29.5 Å². The first kappa shape index (κ1) is 18.1. The van der Waals surface area contributed by atoms with Crippen molar-refractivity contribution in [3.05, 3.63) is 36.4 Å². The number of benzene rings is 2. The Bertz CT molecular complexity index is 741. The van der Waals surface area contributed by atoms with E-state index in [0.717, 1.165) is 18.2 Å². The van der Waals surface area contributed by atoms with Crippen LogP contribution in [0.1, 0.15) is 0 Å². The molecule has 1 atom stereocenters. The molecule has 0 saturated carbocycles. The van der Waals surface area contributed by atoms with Crippen LogP contribution in [0.15, 0.2) is 36.4 Å². The Morgan fingerprint density at radius 3 is 2.00 bits per heavy atom. The van der Waals surface area contributed by atoms with Crippen LogP contribution in [0, 0.1) is 0 Å². The van der Waals surface area contributed by atoms with Crippen molar-refractivity contribution < 1.29 is 45.0 Å². The maximum absolute atomic E-state index is 13.4. The maximum atomic E-state index is 13.4. The van der Waals surface area contributed by atoms with E-state index in [4.69, 9.17) is 0 Å². The summed E-state index contributed by atoms with van der Waals surface area (Å²) in [7, 11) is 0. The monoisotopic (exact) mass is 360 g/mol. The summed E-state index contributed by atoms with van der Waals surface area (Å²) < 4.78 is 105. The number of hydrogen-bond acceptors (Lipinski definition) is 2. The highest BCUT2D eigenvalue weighted by Gasteiger charge is 2.77. The standard InChI is InChI=1S/C14H8F8O2/c15-11(12(16,17)13(18,19)14(20,21)22)24-10-4-2-7-1-3-9(23)5-8(7)6-10/h1-6,11,23H. The van der Waals surface area contributed by atoms with E-state index in [9.17, 15) is 40.2 Å². The van der Waals surface area contributed by atoms with Crippen molar-refractivity contribution in [1.29, 1.82) is 0 Å². The van der Waals surface area contributed by atoms with Crippen molar-refractivity contribution in [2.45, 2.75) is 24.4 Å². The van der Waals surface area contributed by atoms with Crippen LogP contribution >= 0.6 is 0 Å². The van der Waals surface area contributed by atoms with E-state index in [0.29, 0.717) is 5.39 Å². The van der Waals surface area contributed by atoms with Gasteiger partial charge in [0.1, 0.15) is 11.5 Å². The fourth-order valence-electron chi connectivity index (χ4n) is 1.81. The predicted molar refractivity (Wildman–Crippen MR) is 67.1 cm³/mol. The van der Waals surface area contributed by atoms with Gasteiger partial charge in [0, 0.05) is 0 Å². The van der Waals surface area contributed by atoms with Crippen molar-refractivity contribution in [2.75, 3.05) is 0 Å². The Hall–Kier alpha value is -2.26. The average molecular weight is 360 g/mol. The summed E-state index contributed by atoms with van der Waals surface area (Å²) in [5, 5.41) is 9.90. The van der Waals surface area contributed by atoms with E-state index >= 15 is 0 Å². The number of alkyl halides is 8. The van der Waals surface area contributed by atoms with Gasteiger partial charge in [-0.15, -0.1) is 0 Å². The Labute approximate surface area is 129 Å². The second-order valence-electron chi connectivity index (χ2n) is 4.82. The first-order valence-corrected chi connectivity index (χ1v) is 6.22. The Kier molecular flexibility index (Phi) is 4.28. The van der Waals surface area contributed by atoms with E-state index in [2.05, 4.69) is 4.74 Å². The fourth-order valence-corrected chi connectivity index (χ4v) is 1.81. The summed E-state index contributed by atoms with van der Waals surface area (Å²) in [5.74, 6) is -13.7. The quantitative estimate of drug-likeness (QED) is 0.773. The number of ether oxygens (including phenoxy) is 1. The smallest absolute Gasteiger partial charge is 0.460 e. The van der Waals surface area contributed by atoms with Gasteiger partial charge < -0.3 is 9.84 Å². The summed E-state index contributed by atoms with van der Waals surface area (Å²) in [6.07, 6.45) is -10.9. The molecule has 0 spiro atoms. The molecular weight excluding hydrogens is 352 g/mol. The summed E-state index contributed by atoms with van der Waals surface area (Å²) in [6, 6.07) is 6.87. The van der Waals surface area contributed by atoms with Crippen LogP contribution in [-0.2, 0) is 0 Å². The molecule has 0 aromatic heterocycles. The van der Waals surface area contributed by atoms with Gasteiger partial charge in [0.05, 0.1) is 0 Å². The molecular formula is C14H8F8O2. The fraction of sp³-hybridized carbons (Fsp3) is 0.286. The van der Waals surface area contributed by atoms with Gasteiger partial charge in [0.2, 0.25) is 0 Å². The SMILES string of the molecule is Oc1ccc2ccc(OC(F)C(F)(F)C(F)(F)C(F)(F)F)cc2c1. The largest absolute Gasteiger partial charge is 0.508 e. The molecule has 132 valence electrons. The zero-order chi connectivity index (χ0) is 18.3. The van der Waals surface area contributed by atoms with Crippen molar-refractivity contribution in [2.24, 2.45) is 0 Å². The van der Waals surface area contributed by atoms with Crippen molar-refractivity contribution in [3.63, 3.8) is 0 Å². The third-order valence-corrected chi connectivity index (χ3v) is 3.09. The lowest BCUT2D eigenvalue weighted by atomic mass is 10.1. The molecule has 2 rings (SSSR count). The average Bonchev–Trinajstić information content (AvgIpc) is 2.45. The highest BCUT2D eigenvalue weighted by molar-refractivity contribution is 5.85. The van der Waals surface area contributed by atoms with Crippen LogP contribution in [0.5, 0.6) is 11.5 Å². The lowest BCUT2D eigenvalue weighted by molar-refractivity contribution is -0.379. The zero-order valence-corrected chi connectivity index (χ0v) is 11.4. The van der Waals surface area contributed by atoms with Crippen LogP contribution < -0.4 is 4.74 Å². The molecule has 0 amide bonds. The highest BCUT2D eigenvalue weighted by Crippen LogP contribution is 2.49. The van der Waals surface area contributed by atoms with Gasteiger partial charge in [0.25, 0.3) is 0 Å². The van der Waals surface area contributed by atoms with E-state index in [1.165, 1.54) is 18.2 Å². The minimum Gasteiger partial charge on any atom is -0.508 e. The third-order valence-electron chi connectivity index (χ3n) is 3.09. The second-order valence-corrected chi connectivity index (χ2v) is 4.82. The molecule has 0 aliphatic rings. The third kappa shape index (κ3) is 3.04. The van der Waals surface area contributed by atoms with Gasteiger partial charge in [-0.1, -0.05) is 12.1 Å². The molecule has 1 unspecified atom stereocenters. The maximum Gasteiger partial charge on any atom is 0.460 e. The highest BCUT2D eigenvalue weighted by atomic mass is 19.4. The minimum absolute atomic E-state index is 0.172. The lowest BCUT2D eigenvalue weighted by Gasteiger charge is -2.30. The molecule has 2 nitrogen and oxygen atoms in total. The van der Waals surface area contributed by atoms with Crippen LogP contribution in [0.4, 0.5) is 35.1 Å². The first-order chi connectivity index (χ1) is 10.9. The zero-order valence-electron chi connectivity index (χ0n) is 11.4. The lowest BCUT2D eigenvalue weighted by Crippen LogP contribution is -2.58. The van der Waals surface area contributed by atoms with Crippen LogP contribution in [0.2, 0.25) is 0 Å². The van der Waals surface area contributed by atoms with Crippen molar-refractivity contribution in [1.82, 2.24) is 0 Å². The van der Waals surface area contributed by atoms with Crippen LogP contribution in [-0.4, -0.2) is 29.5 Å². The molecule has 0 heterocycles. The Balaban J connectivity index is 2.30. The Morgan fingerprint density at radius 1 is 0.833 bits per heavy atom. The van der Waals surface area contributed by atoms with Crippen LogP contribution in [0.25, 0.3) is 10.8 Å². The number of halogens is 8. The normalized spacial score (nSPS) is 14.7. The van der Waals surface area contributed by atoms with Gasteiger partial charge in [-0.2, -0.15) is 35.1 Å². The molecule has 0 saturated heterocycles. The minimum atomic E-state index is -6.65. The number of hydrogen-bond donors (Lipinski definition) is 1. The molecule has 0 radical (unpaired) electrons. The van der Waals surface area contributed by atoms with E-state index < -0.39 is 30.1 Å². The summed E-state index contributed by atoms with van der Waals surface area (Å²) >= 11 is 0. The van der Waals surface area contributed by atoms with E-state index in [1.54, 1.807) is 0 Å². The number of phenols is 1. The van der Waals surface area contributed by atoms with Gasteiger partial charge >= 0.3 is 24.4 Å². The predicted octanol–water partition coefficient (Wildman–Crippen LogP) is 5.05. The number of aromatic hydroxyl groups is 1. The van der Waals surface area contributed by atoms with E-state index in [1.807, 2.05) is 0 Å². The second kappa shape index (κ2) is 5.67. The van der Waals surface area contributed by atoms with Crippen molar-refractivity contribution >= 4 is 10.8 Å². The van der Waals surface area contributed by atoms with Gasteiger partial charge in [0.15, 0.2) is 0 Å². The molecule has 2 aromatic carbocycles. The molecule has 10 heteroatoms. The Morgan fingerprint density at radius 2 is 1.42 bits per heavy atom. The van der Waals surface area contributed by atoms with Gasteiger partial charge in [-0.05, 0) is 35.0 Å². The van der Waals surface area contributed by atoms with E-state index in [-0.39, 0.29) is 11.1 Å². The molecule has 2 aromatic rings. The van der Waals surface area contributed by atoms with Crippen LogP contribution in [0.3, 0.4) is 0 Å². The number of fused-ring (bicyclic) bond motifs is 1. The molecule has 0 aliphatic heterocycles. The van der Waals surface area contributed by atoms with Gasteiger partial charge in [-0.3, -0.25) is 0 Å². The molecule has 0 bridgehead atoms. The first-order valence-electron chi connectivity index (χ1n) is 6.22. The van der Waals surface area contributed by atoms with Gasteiger partial charge in [-0.25, -0.2) is 0 Å². The molecule has 24 heavy (non-hydrogen) atoms. The molecule has 0 aliphatic carbocycles. The summed E-state index contributed by atoms with van der Waals surface area (Å²) in [5.41, 5.74) is 0. The number of rotatable bonds is 4. The molecule has 0 fully saturated rings.